The Kier molecular flexibility index (Phi) is 5.86. The Labute approximate surface area is 188 Å². The van der Waals surface area contributed by atoms with E-state index in [1.165, 1.54) is 18.9 Å². The van der Waals surface area contributed by atoms with Crippen LogP contribution >= 0.6 is 35.0 Å². The van der Waals surface area contributed by atoms with Crippen LogP contribution in [0.4, 0.5) is 5.69 Å². The minimum Gasteiger partial charge on any atom is -0.495 e. The highest BCUT2D eigenvalue weighted by molar-refractivity contribution is 8.04. The molecule has 1 aliphatic heterocycles. The fourth-order valence-corrected chi connectivity index (χ4v) is 4.37. The number of anilines is 1. The standard InChI is InChI=1S/C23H15Cl2NO3S/c1-29-19-5-3-2-4-18(19)26-22(27)20(14-6-8-15(24)9-7-14)21(23(26)28)30-17-12-10-16(25)11-13-17/h2-13H,1H3. The summed E-state index contributed by atoms with van der Waals surface area (Å²) in [5, 5.41) is 1.14. The van der Waals surface area contributed by atoms with E-state index < -0.39 is 11.8 Å². The number of rotatable bonds is 5. The second kappa shape index (κ2) is 8.56. The average Bonchev–Trinajstić information content (AvgIpc) is 3.00. The lowest BCUT2D eigenvalue weighted by atomic mass is 10.1. The van der Waals surface area contributed by atoms with Crippen LogP contribution in [0.3, 0.4) is 0 Å². The number of amides is 2. The van der Waals surface area contributed by atoms with Crippen LogP contribution in [-0.4, -0.2) is 18.9 Å². The molecule has 2 amide bonds. The van der Waals surface area contributed by atoms with Crippen molar-refractivity contribution in [1.29, 1.82) is 0 Å². The van der Waals surface area contributed by atoms with Crippen molar-refractivity contribution in [3.05, 3.63) is 93.3 Å². The van der Waals surface area contributed by atoms with Gasteiger partial charge in [0.1, 0.15) is 5.75 Å². The third-order valence-electron chi connectivity index (χ3n) is 4.53. The fraction of sp³-hybridized carbons (Fsp3) is 0.0435. The lowest BCUT2D eigenvalue weighted by molar-refractivity contribution is -0.119. The van der Waals surface area contributed by atoms with Gasteiger partial charge in [-0.3, -0.25) is 9.59 Å². The highest BCUT2D eigenvalue weighted by Crippen LogP contribution is 2.43. The molecular weight excluding hydrogens is 441 g/mol. The number of methoxy groups -OCH3 is 1. The number of imide groups is 1. The summed E-state index contributed by atoms with van der Waals surface area (Å²) in [5.74, 6) is -0.384. The third-order valence-corrected chi connectivity index (χ3v) is 6.13. The van der Waals surface area contributed by atoms with Crippen molar-refractivity contribution in [2.45, 2.75) is 4.90 Å². The second-order valence-corrected chi connectivity index (χ2v) is 8.34. The van der Waals surface area contributed by atoms with Gasteiger partial charge in [0.15, 0.2) is 0 Å². The van der Waals surface area contributed by atoms with E-state index in [4.69, 9.17) is 27.9 Å². The molecule has 0 atom stereocenters. The minimum atomic E-state index is -0.414. The van der Waals surface area contributed by atoms with Crippen LogP contribution in [0.1, 0.15) is 5.56 Å². The molecule has 7 heteroatoms. The maximum absolute atomic E-state index is 13.4. The predicted molar refractivity (Wildman–Crippen MR) is 121 cm³/mol. The van der Waals surface area contributed by atoms with Gasteiger partial charge >= 0.3 is 0 Å². The molecule has 1 aliphatic rings. The SMILES string of the molecule is COc1ccccc1N1C(=O)C(Sc2ccc(Cl)cc2)=C(c2ccc(Cl)cc2)C1=O. The van der Waals surface area contributed by atoms with Gasteiger partial charge in [-0.05, 0) is 54.1 Å². The van der Waals surface area contributed by atoms with Crippen molar-refractivity contribution in [2.24, 2.45) is 0 Å². The first-order chi connectivity index (χ1) is 14.5. The van der Waals surface area contributed by atoms with E-state index in [2.05, 4.69) is 0 Å². The van der Waals surface area contributed by atoms with Crippen molar-refractivity contribution in [2.75, 3.05) is 12.0 Å². The first-order valence-electron chi connectivity index (χ1n) is 8.95. The molecule has 0 saturated carbocycles. The average molecular weight is 456 g/mol. The van der Waals surface area contributed by atoms with E-state index in [0.717, 1.165) is 9.80 Å². The van der Waals surface area contributed by atoms with Crippen LogP contribution in [-0.2, 0) is 9.59 Å². The lowest BCUT2D eigenvalue weighted by Gasteiger charge is -2.18. The first kappa shape index (κ1) is 20.5. The number of hydrogen-bond donors (Lipinski definition) is 0. The summed E-state index contributed by atoms with van der Waals surface area (Å²) in [4.78, 5) is 29.2. The van der Waals surface area contributed by atoms with Crippen LogP contribution in [0, 0.1) is 0 Å². The predicted octanol–water partition coefficient (Wildman–Crippen LogP) is 6.08. The molecule has 0 unspecified atom stereocenters. The van der Waals surface area contributed by atoms with Crippen molar-refractivity contribution in [1.82, 2.24) is 0 Å². The molecule has 0 fully saturated rings. The Balaban J connectivity index is 1.83. The molecule has 0 bridgehead atoms. The van der Waals surface area contributed by atoms with Gasteiger partial charge in [0, 0.05) is 14.9 Å². The van der Waals surface area contributed by atoms with E-state index in [1.54, 1.807) is 60.7 Å². The summed E-state index contributed by atoms with van der Waals surface area (Å²) in [6.45, 7) is 0. The van der Waals surface area contributed by atoms with Gasteiger partial charge < -0.3 is 4.74 Å². The summed E-state index contributed by atoms with van der Waals surface area (Å²) in [5.41, 5.74) is 1.34. The van der Waals surface area contributed by atoms with Crippen LogP contribution in [0.2, 0.25) is 10.0 Å². The number of hydrogen-bond acceptors (Lipinski definition) is 4. The molecule has 4 nitrogen and oxygen atoms in total. The summed E-state index contributed by atoms with van der Waals surface area (Å²) >= 11 is 13.2. The van der Waals surface area contributed by atoms with Crippen molar-refractivity contribution in [3.8, 4) is 5.75 Å². The number of carbonyl (C=O) groups excluding carboxylic acids is 2. The number of halogens is 2. The van der Waals surface area contributed by atoms with Crippen LogP contribution in [0.15, 0.2) is 82.6 Å². The molecule has 1 heterocycles. The molecule has 3 aromatic carbocycles. The molecular formula is C23H15Cl2NO3S. The van der Waals surface area contributed by atoms with Gasteiger partial charge in [0.2, 0.25) is 0 Å². The van der Waals surface area contributed by atoms with Gasteiger partial charge in [-0.25, -0.2) is 4.90 Å². The maximum Gasteiger partial charge on any atom is 0.273 e. The summed E-state index contributed by atoms with van der Waals surface area (Å²) in [6, 6.07) is 20.9. The minimum absolute atomic E-state index is 0.322. The van der Waals surface area contributed by atoms with Crippen molar-refractivity contribution < 1.29 is 14.3 Å². The first-order valence-corrected chi connectivity index (χ1v) is 10.5. The van der Waals surface area contributed by atoms with Gasteiger partial charge in [-0.1, -0.05) is 59.2 Å². The largest absolute Gasteiger partial charge is 0.495 e. The Bertz CT molecular complexity index is 1160. The molecule has 30 heavy (non-hydrogen) atoms. The fourth-order valence-electron chi connectivity index (χ4n) is 3.13. The topological polar surface area (TPSA) is 46.6 Å². The Morgan fingerprint density at radius 2 is 1.40 bits per heavy atom. The van der Waals surface area contributed by atoms with Crippen molar-refractivity contribution >= 4 is 58.0 Å². The van der Waals surface area contributed by atoms with E-state index in [1.807, 2.05) is 12.1 Å². The summed E-state index contributed by atoms with van der Waals surface area (Å²) < 4.78 is 5.37. The molecule has 0 aliphatic carbocycles. The molecule has 3 aromatic rings. The van der Waals surface area contributed by atoms with E-state index in [9.17, 15) is 9.59 Å². The summed E-state index contributed by atoms with van der Waals surface area (Å²) in [6.07, 6.45) is 0. The molecule has 150 valence electrons. The van der Waals surface area contributed by atoms with Gasteiger partial charge in [0.05, 0.1) is 23.3 Å². The number of carbonyl (C=O) groups is 2. The molecule has 0 aromatic heterocycles. The highest BCUT2D eigenvalue weighted by Gasteiger charge is 2.41. The zero-order valence-electron chi connectivity index (χ0n) is 15.8. The normalized spacial score (nSPS) is 13.9. The summed E-state index contributed by atoms with van der Waals surface area (Å²) in [7, 11) is 1.50. The van der Waals surface area contributed by atoms with Crippen molar-refractivity contribution in [3.63, 3.8) is 0 Å². The smallest absolute Gasteiger partial charge is 0.273 e. The maximum atomic E-state index is 13.4. The Hall–Kier alpha value is -2.73. The zero-order chi connectivity index (χ0) is 21.3. The number of ether oxygens (including phenoxy) is 1. The Morgan fingerprint density at radius 1 is 0.800 bits per heavy atom. The highest BCUT2D eigenvalue weighted by atomic mass is 35.5. The number of para-hydroxylation sites is 2. The second-order valence-electron chi connectivity index (χ2n) is 6.38. The molecule has 0 saturated heterocycles. The quantitative estimate of drug-likeness (QED) is 0.437. The van der Waals surface area contributed by atoms with E-state index in [-0.39, 0.29) is 0 Å². The van der Waals surface area contributed by atoms with Crippen LogP contribution < -0.4 is 9.64 Å². The number of nitrogens with zero attached hydrogens (tertiary/aromatic N) is 1. The third kappa shape index (κ3) is 3.84. The molecule has 0 spiro atoms. The molecule has 0 radical (unpaired) electrons. The van der Waals surface area contributed by atoms with Gasteiger partial charge in [0.25, 0.3) is 11.8 Å². The van der Waals surface area contributed by atoms with Crippen LogP contribution in [0.25, 0.3) is 5.57 Å². The number of thioether (sulfide) groups is 1. The molecule has 0 N–H and O–H groups in total. The van der Waals surface area contributed by atoms with Gasteiger partial charge in [-0.15, -0.1) is 0 Å². The Morgan fingerprint density at radius 3 is 2.03 bits per heavy atom. The monoisotopic (exact) mass is 455 g/mol. The molecule has 4 rings (SSSR count). The van der Waals surface area contributed by atoms with Crippen LogP contribution in [0.5, 0.6) is 5.75 Å². The lowest BCUT2D eigenvalue weighted by Crippen LogP contribution is -2.31. The number of benzene rings is 3. The van der Waals surface area contributed by atoms with E-state index in [0.29, 0.717) is 37.5 Å². The van der Waals surface area contributed by atoms with E-state index >= 15 is 0 Å². The zero-order valence-corrected chi connectivity index (χ0v) is 18.1. The van der Waals surface area contributed by atoms with Gasteiger partial charge in [-0.2, -0.15) is 0 Å².